The quantitative estimate of drug-likeness (QED) is 0.803. The first kappa shape index (κ1) is 14.7. The van der Waals surface area contributed by atoms with Gasteiger partial charge in [0.25, 0.3) is 0 Å². The van der Waals surface area contributed by atoms with Gasteiger partial charge in [-0.3, -0.25) is 9.08 Å². The number of Topliss-reactive ketones (excluding diaryl/α,β-unsaturated/α-hetero) is 1. The van der Waals surface area contributed by atoms with Crippen molar-refractivity contribution in [1.29, 1.82) is 0 Å². The van der Waals surface area contributed by atoms with E-state index in [0.717, 1.165) is 0 Å². The molecule has 1 aliphatic rings. The standard InChI is InChI=1S/C14H17NO4S/c1-14(2)9-11(8-12(16)10-14)15-19-20(17,18)13-6-4-3-5-7-13/h3-7H,8-10H2,1-2H3/b15-11+. The lowest BCUT2D eigenvalue weighted by Gasteiger charge is -2.28. The number of oxime groups is 1. The third-order valence-corrected chi connectivity index (χ3v) is 4.18. The van der Waals surface area contributed by atoms with Crippen molar-refractivity contribution in [3.8, 4) is 0 Å². The first-order valence-corrected chi connectivity index (χ1v) is 7.75. The van der Waals surface area contributed by atoms with Gasteiger partial charge < -0.3 is 0 Å². The van der Waals surface area contributed by atoms with Crippen molar-refractivity contribution in [3.63, 3.8) is 0 Å². The highest BCUT2D eigenvalue weighted by Crippen LogP contribution is 2.32. The minimum Gasteiger partial charge on any atom is -0.299 e. The molecule has 0 aliphatic heterocycles. The van der Waals surface area contributed by atoms with E-state index < -0.39 is 10.1 Å². The molecule has 1 fully saturated rings. The van der Waals surface area contributed by atoms with Gasteiger partial charge in [-0.2, -0.15) is 8.42 Å². The molecular formula is C14H17NO4S. The van der Waals surface area contributed by atoms with Crippen molar-refractivity contribution < 1.29 is 17.5 Å². The molecule has 0 unspecified atom stereocenters. The first-order valence-electron chi connectivity index (χ1n) is 6.35. The van der Waals surface area contributed by atoms with Crippen LogP contribution in [-0.4, -0.2) is 19.9 Å². The van der Waals surface area contributed by atoms with Crippen molar-refractivity contribution in [1.82, 2.24) is 0 Å². The Balaban J connectivity index is 2.15. The number of carbonyl (C=O) groups excluding carboxylic acids is 1. The number of benzene rings is 1. The number of carbonyl (C=O) groups is 1. The maximum atomic E-state index is 11.9. The second-order valence-corrected chi connectivity index (χ2v) is 7.26. The summed E-state index contributed by atoms with van der Waals surface area (Å²) in [5, 5.41) is 3.69. The van der Waals surface area contributed by atoms with Crippen molar-refractivity contribution >= 4 is 21.6 Å². The molecule has 0 atom stereocenters. The molecule has 0 radical (unpaired) electrons. The summed E-state index contributed by atoms with van der Waals surface area (Å²) in [6, 6.07) is 7.80. The van der Waals surface area contributed by atoms with Gasteiger partial charge in [0.1, 0.15) is 10.7 Å². The third-order valence-electron chi connectivity index (χ3n) is 3.06. The fraction of sp³-hybridized carbons (Fsp3) is 0.429. The van der Waals surface area contributed by atoms with Gasteiger partial charge in [0.05, 0.1) is 5.71 Å². The molecule has 1 aromatic carbocycles. The van der Waals surface area contributed by atoms with E-state index in [1.165, 1.54) is 12.1 Å². The molecule has 1 saturated carbocycles. The van der Waals surface area contributed by atoms with E-state index >= 15 is 0 Å². The molecular weight excluding hydrogens is 278 g/mol. The van der Waals surface area contributed by atoms with Crippen LogP contribution in [0.5, 0.6) is 0 Å². The molecule has 0 aromatic heterocycles. The summed E-state index contributed by atoms with van der Waals surface area (Å²) >= 11 is 0. The zero-order valence-electron chi connectivity index (χ0n) is 11.5. The van der Waals surface area contributed by atoms with Crippen LogP contribution in [-0.2, 0) is 19.2 Å². The van der Waals surface area contributed by atoms with E-state index in [0.29, 0.717) is 18.6 Å². The predicted octanol–water partition coefficient (Wildman–Crippen LogP) is 2.53. The van der Waals surface area contributed by atoms with E-state index in [9.17, 15) is 13.2 Å². The van der Waals surface area contributed by atoms with Crippen LogP contribution in [0.15, 0.2) is 40.4 Å². The molecule has 5 nitrogen and oxygen atoms in total. The molecule has 1 aromatic rings. The fourth-order valence-corrected chi connectivity index (χ4v) is 3.08. The van der Waals surface area contributed by atoms with Gasteiger partial charge in [-0.25, -0.2) is 0 Å². The monoisotopic (exact) mass is 295 g/mol. The topological polar surface area (TPSA) is 72.8 Å². The molecule has 0 heterocycles. The molecule has 6 heteroatoms. The third kappa shape index (κ3) is 3.66. The van der Waals surface area contributed by atoms with Gasteiger partial charge in [-0.1, -0.05) is 37.2 Å². The van der Waals surface area contributed by atoms with Crippen molar-refractivity contribution in [2.24, 2.45) is 10.6 Å². The SMILES string of the molecule is CC1(C)CC(=O)C/C(=N\OS(=O)(=O)c2ccccc2)C1. The van der Waals surface area contributed by atoms with Crippen LogP contribution in [0.2, 0.25) is 0 Å². The van der Waals surface area contributed by atoms with Gasteiger partial charge in [-0.05, 0) is 24.0 Å². The Bertz CT molecular complexity index is 632. The van der Waals surface area contributed by atoms with Crippen LogP contribution in [0.1, 0.15) is 33.1 Å². The smallest absolute Gasteiger partial charge is 0.299 e. The lowest BCUT2D eigenvalue weighted by Crippen LogP contribution is -2.29. The Morgan fingerprint density at radius 1 is 1.15 bits per heavy atom. The van der Waals surface area contributed by atoms with Crippen LogP contribution in [0.25, 0.3) is 0 Å². The average molecular weight is 295 g/mol. The van der Waals surface area contributed by atoms with Gasteiger partial charge >= 0.3 is 10.1 Å². The molecule has 0 N–H and O–H groups in total. The summed E-state index contributed by atoms with van der Waals surface area (Å²) in [6.45, 7) is 3.90. The summed E-state index contributed by atoms with van der Waals surface area (Å²) in [7, 11) is -3.91. The highest BCUT2D eigenvalue weighted by molar-refractivity contribution is 7.86. The van der Waals surface area contributed by atoms with E-state index in [2.05, 4.69) is 5.16 Å². The van der Waals surface area contributed by atoms with Gasteiger partial charge in [0, 0.05) is 12.8 Å². The minimum atomic E-state index is -3.91. The first-order chi connectivity index (χ1) is 9.28. The highest BCUT2D eigenvalue weighted by Gasteiger charge is 2.31. The molecule has 0 saturated heterocycles. The Labute approximate surface area is 118 Å². The predicted molar refractivity (Wildman–Crippen MR) is 74.8 cm³/mol. The van der Waals surface area contributed by atoms with Crippen molar-refractivity contribution in [2.45, 2.75) is 38.0 Å². The molecule has 0 amide bonds. The van der Waals surface area contributed by atoms with E-state index in [1.54, 1.807) is 18.2 Å². The fourth-order valence-electron chi connectivity index (χ4n) is 2.30. The Hall–Kier alpha value is -1.69. The van der Waals surface area contributed by atoms with Crippen molar-refractivity contribution in [2.75, 3.05) is 0 Å². The van der Waals surface area contributed by atoms with Crippen LogP contribution >= 0.6 is 0 Å². The maximum Gasteiger partial charge on any atom is 0.358 e. The number of hydrogen-bond donors (Lipinski definition) is 0. The largest absolute Gasteiger partial charge is 0.358 e. The van der Waals surface area contributed by atoms with E-state index in [4.69, 9.17) is 4.28 Å². The second-order valence-electron chi connectivity index (χ2n) is 5.73. The number of ketones is 1. The van der Waals surface area contributed by atoms with E-state index in [1.807, 2.05) is 13.8 Å². The molecule has 2 rings (SSSR count). The molecule has 1 aliphatic carbocycles. The Kier molecular flexibility index (Phi) is 3.94. The number of rotatable bonds is 3. The Morgan fingerprint density at radius 3 is 2.40 bits per heavy atom. The van der Waals surface area contributed by atoms with E-state index in [-0.39, 0.29) is 22.5 Å². The molecule has 20 heavy (non-hydrogen) atoms. The van der Waals surface area contributed by atoms with Gasteiger partial charge in [-0.15, -0.1) is 0 Å². The summed E-state index contributed by atoms with van der Waals surface area (Å²) in [6.07, 6.45) is 1.20. The van der Waals surface area contributed by atoms with Crippen LogP contribution < -0.4 is 0 Å². The molecule has 108 valence electrons. The van der Waals surface area contributed by atoms with Crippen LogP contribution in [0, 0.1) is 5.41 Å². The summed E-state index contributed by atoms with van der Waals surface area (Å²) in [5.41, 5.74) is 0.277. The second kappa shape index (κ2) is 5.36. The zero-order valence-corrected chi connectivity index (χ0v) is 12.3. The zero-order chi connectivity index (χ0) is 14.8. The highest BCUT2D eigenvalue weighted by atomic mass is 32.2. The molecule has 0 spiro atoms. The maximum absolute atomic E-state index is 11.9. The van der Waals surface area contributed by atoms with Gasteiger partial charge in [0.2, 0.25) is 0 Å². The van der Waals surface area contributed by atoms with Gasteiger partial charge in [0.15, 0.2) is 0 Å². The summed E-state index contributed by atoms with van der Waals surface area (Å²) in [4.78, 5) is 11.6. The average Bonchev–Trinajstić information content (AvgIpc) is 2.35. The van der Waals surface area contributed by atoms with Crippen LogP contribution in [0.3, 0.4) is 0 Å². The minimum absolute atomic E-state index is 0.0470. The molecule has 0 bridgehead atoms. The Morgan fingerprint density at radius 2 is 1.80 bits per heavy atom. The normalized spacial score (nSPS) is 20.9. The van der Waals surface area contributed by atoms with Crippen LogP contribution in [0.4, 0.5) is 0 Å². The lowest BCUT2D eigenvalue weighted by molar-refractivity contribution is -0.120. The lowest BCUT2D eigenvalue weighted by atomic mass is 9.76. The number of nitrogens with zero attached hydrogens (tertiary/aromatic N) is 1. The van der Waals surface area contributed by atoms with Crippen molar-refractivity contribution in [3.05, 3.63) is 30.3 Å². The summed E-state index contributed by atoms with van der Waals surface area (Å²) < 4.78 is 28.5. The summed E-state index contributed by atoms with van der Waals surface area (Å²) in [5.74, 6) is 0.0562. The number of hydrogen-bond acceptors (Lipinski definition) is 5.